The number of benzene rings is 1. The summed E-state index contributed by atoms with van der Waals surface area (Å²) in [6.07, 6.45) is -0.578. The second kappa shape index (κ2) is 7.26. The third-order valence-electron chi connectivity index (χ3n) is 2.25. The van der Waals surface area contributed by atoms with Crippen LogP contribution in [-0.2, 0) is 9.53 Å². The lowest BCUT2D eigenvalue weighted by Gasteiger charge is -2.26. The van der Waals surface area contributed by atoms with E-state index in [9.17, 15) is 4.79 Å². The number of para-hydroxylation sites is 1. The van der Waals surface area contributed by atoms with Gasteiger partial charge in [-0.15, -0.1) is 0 Å². The summed E-state index contributed by atoms with van der Waals surface area (Å²) in [5.74, 6) is 0.322. The van der Waals surface area contributed by atoms with E-state index < -0.39 is 6.10 Å². The van der Waals surface area contributed by atoms with E-state index in [1.807, 2.05) is 32.0 Å². The largest absolute Gasteiger partial charge is 0.473 e. The molecule has 0 aliphatic carbocycles. The fourth-order valence-corrected chi connectivity index (χ4v) is 1.98. The van der Waals surface area contributed by atoms with Gasteiger partial charge in [0.05, 0.1) is 23.3 Å². The van der Waals surface area contributed by atoms with Crippen molar-refractivity contribution in [3.05, 3.63) is 22.7 Å². The number of fused-ring (bicyclic) bond motifs is 1. The molecular formula is C13H18BrNO3. The highest BCUT2D eigenvalue weighted by molar-refractivity contribution is 9.10. The highest BCUT2D eigenvalue weighted by atomic mass is 79.9. The first-order valence-corrected chi connectivity index (χ1v) is 6.87. The summed E-state index contributed by atoms with van der Waals surface area (Å²) in [6, 6.07) is 5.68. The maximum absolute atomic E-state index is 11.5. The molecule has 1 heterocycles. The molecule has 18 heavy (non-hydrogen) atoms. The Balaban J connectivity index is 0.000000771. The molecule has 4 nitrogen and oxygen atoms in total. The predicted molar refractivity (Wildman–Crippen MR) is 75.0 cm³/mol. The van der Waals surface area contributed by atoms with Gasteiger partial charge in [0.1, 0.15) is 0 Å². The Kier molecular flexibility index (Phi) is 5.98. The van der Waals surface area contributed by atoms with Crippen molar-refractivity contribution >= 4 is 27.6 Å². The van der Waals surface area contributed by atoms with Crippen LogP contribution in [0.5, 0.6) is 5.75 Å². The molecule has 0 amide bonds. The molecule has 0 bridgehead atoms. The number of anilines is 1. The zero-order valence-electron chi connectivity index (χ0n) is 10.8. The van der Waals surface area contributed by atoms with Gasteiger partial charge in [-0.2, -0.15) is 0 Å². The minimum absolute atomic E-state index is 0.337. The molecule has 0 radical (unpaired) electrons. The Labute approximate surface area is 116 Å². The van der Waals surface area contributed by atoms with Crippen LogP contribution < -0.4 is 10.1 Å². The van der Waals surface area contributed by atoms with Gasteiger partial charge in [0.2, 0.25) is 6.10 Å². The predicted octanol–water partition coefficient (Wildman–Crippen LogP) is 3.21. The summed E-state index contributed by atoms with van der Waals surface area (Å²) in [7, 11) is 0. The number of carbonyl (C=O) groups is 1. The lowest BCUT2D eigenvalue weighted by atomic mass is 10.2. The molecule has 100 valence electrons. The van der Waals surface area contributed by atoms with Crippen LogP contribution in [0.15, 0.2) is 22.7 Å². The summed E-state index contributed by atoms with van der Waals surface area (Å²) < 4.78 is 11.3. The van der Waals surface area contributed by atoms with Gasteiger partial charge in [-0.25, -0.2) is 4.79 Å². The van der Waals surface area contributed by atoms with E-state index in [1.54, 1.807) is 6.92 Å². The van der Waals surface area contributed by atoms with Crippen molar-refractivity contribution in [2.24, 2.45) is 0 Å². The number of ether oxygens (including phenoxy) is 2. The molecule has 2 rings (SSSR count). The standard InChI is InChI=1S/C11H12BrNO3.C2H6/c1-2-15-11(14)9-6-13-8-5-3-4-7(12)10(8)16-9;1-2/h3-5,9,13H,2,6H2,1H3;1-2H3. The molecule has 1 aromatic carbocycles. The van der Waals surface area contributed by atoms with E-state index in [-0.39, 0.29) is 5.97 Å². The second-order valence-corrected chi connectivity index (χ2v) is 4.21. The lowest BCUT2D eigenvalue weighted by molar-refractivity contribution is -0.150. The molecule has 1 unspecified atom stereocenters. The van der Waals surface area contributed by atoms with Gasteiger partial charge in [-0.3, -0.25) is 0 Å². The molecule has 1 aliphatic rings. The fourth-order valence-electron chi connectivity index (χ4n) is 1.52. The van der Waals surface area contributed by atoms with Crippen molar-refractivity contribution in [3.8, 4) is 5.75 Å². The summed E-state index contributed by atoms with van der Waals surface area (Å²) in [5.41, 5.74) is 0.884. The van der Waals surface area contributed by atoms with Crippen LogP contribution in [0.1, 0.15) is 20.8 Å². The SMILES string of the molecule is CC.CCOC(=O)C1CNc2cccc(Br)c2O1. The number of esters is 1. The molecule has 1 aromatic rings. The van der Waals surface area contributed by atoms with Crippen LogP contribution in [0.2, 0.25) is 0 Å². The monoisotopic (exact) mass is 315 g/mol. The average molecular weight is 316 g/mol. The number of hydrogen-bond acceptors (Lipinski definition) is 4. The minimum Gasteiger partial charge on any atom is -0.473 e. The maximum atomic E-state index is 11.5. The average Bonchev–Trinajstić information content (AvgIpc) is 2.41. The van der Waals surface area contributed by atoms with Gasteiger partial charge < -0.3 is 14.8 Å². The molecule has 1 aliphatic heterocycles. The molecule has 0 saturated heterocycles. The van der Waals surface area contributed by atoms with Gasteiger partial charge in [0, 0.05) is 0 Å². The Hall–Kier alpha value is -1.23. The normalized spacial score (nSPS) is 16.3. The van der Waals surface area contributed by atoms with Crippen LogP contribution in [-0.4, -0.2) is 25.2 Å². The number of rotatable bonds is 2. The third-order valence-corrected chi connectivity index (χ3v) is 2.88. The smallest absolute Gasteiger partial charge is 0.349 e. The molecule has 5 heteroatoms. The van der Waals surface area contributed by atoms with Crippen LogP contribution >= 0.6 is 15.9 Å². The molecule has 0 fully saturated rings. The van der Waals surface area contributed by atoms with Crippen LogP contribution in [0.3, 0.4) is 0 Å². The topological polar surface area (TPSA) is 47.6 Å². The Bertz CT molecular complexity index is 409. The van der Waals surface area contributed by atoms with Crippen LogP contribution in [0.25, 0.3) is 0 Å². The highest BCUT2D eigenvalue weighted by Gasteiger charge is 2.27. The second-order valence-electron chi connectivity index (χ2n) is 3.36. The molecular weight excluding hydrogens is 298 g/mol. The van der Waals surface area contributed by atoms with E-state index in [4.69, 9.17) is 9.47 Å². The lowest BCUT2D eigenvalue weighted by Crippen LogP contribution is -2.39. The van der Waals surface area contributed by atoms with E-state index in [2.05, 4.69) is 21.2 Å². The van der Waals surface area contributed by atoms with Crippen molar-refractivity contribution in [1.82, 2.24) is 0 Å². The summed E-state index contributed by atoms with van der Waals surface area (Å²) in [5, 5.41) is 3.14. The van der Waals surface area contributed by atoms with Crippen molar-refractivity contribution in [3.63, 3.8) is 0 Å². The fraction of sp³-hybridized carbons (Fsp3) is 0.462. The summed E-state index contributed by atoms with van der Waals surface area (Å²) in [6.45, 7) is 6.57. The molecule has 0 saturated carbocycles. The first-order valence-electron chi connectivity index (χ1n) is 6.08. The van der Waals surface area contributed by atoms with E-state index in [0.717, 1.165) is 10.2 Å². The van der Waals surface area contributed by atoms with E-state index >= 15 is 0 Å². The van der Waals surface area contributed by atoms with E-state index in [1.165, 1.54) is 0 Å². The number of nitrogens with one attached hydrogen (secondary N) is 1. The van der Waals surface area contributed by atoms with Crippen molar-refractivity contribution in [1.29, 1.82) is 0 Å². The first-order chi connectivity index (χ1) is 8.72. The maximum Gasteiger partial charge on any atom is 0.349 e. The first kappa shape index (κ1) is 14.8. The Morgan fingerprint density at radius 3 is 2.94 bits per heavy atom. The molecule has 0 aromatic heterocycles. The summed E-state index contributed by atoms with van der Waals surface area (Å²) in [4.78, 5) is 11.5. The van der Waals surface area contributed by atoms with Crippen molar-refractivity contribution in [2.75, 3.05) is 18.5 Å². The highest BCUT2D eigenvalue weighted by Crippen LogP contribution is 2.36. The summed E-state index contributed by atoms with van der Waals surface area (Å²) >= 11 is 3.38. The minimum atomic E-state index is -0.578. The quantitative estimate of drug-likeness (QED) is 0.851. The van der Waals surface area contributed by atoms with Gasteiger partial charge in [0.25, 0.3) is 0 Å². The zero-order chi connectivity index (χ0) is 13.5. The number of halogens is 1. The third kappa shape index (κ3) is 3.38. The molecule has 1 atom stereocenters. The van der Waals surface area contributed by atoms with Gasteiger partial charge in [-0.05, 0) is 35.0 Å². The zero-order valence-corrected chi connectivity index (χ0v) is 12.4. The van der Waals surface area contributed by atoms with E-state index in [0.29, 0.717) is 18.9 Å². The molecule has 0 spiro atoms. The van der Waals surface area contributed by atoms with Gasteiger partial charge in [0.15, 0.2) is 5.75 Å². The Morgan fingerprint density at radius 2 is 2.28 bits per heavy atom. The van der Waals surface area contributed by atoms with Crippen molar-refractivity contribution < 1.29 is 14.3 Å². The number of carbonyl (C=O) groups excluding carboxylic acids is 1. The van der Waals surface area contributed by atoms with Gasteiger partial charge >= 0.3 is 5.97 Å². The van der Waals surface area contributed by atoms with Crippen LogP contribution in [0, 0.1) is 0 Å². The van der Waals surface area contributed by atoms with Gasteiger partial charge in [-0.1, -0.05) is 19.9 Å². The number of hydrogen-bond donors (Lipinski definition) is 1. The van der Waals surface area contributed by atoms with Crippen LogP contribution in [0.4, 0.5) is 5.69 Å². The Morgan fingerprint density at radius 1 is 1.56 bits per heavy atom. The van der Waals surface area contributed by atoms with Crippen molar-refractivity contribution in [2.45, 2.75) is 26.9 Å². The molecule has 1 N–H and O–H groups in total.